The Hall–Kier alpha value is -2.96. The van der Waals surface area contributed by atoms with E-state index in [0.29, 0.717) is 5.69 Å². The van der Waals surface area contributed by atoms with Crippen molar-refractivity contribution in [1.82, 2.24) is 4.90 Å². The molecule has 1 atom stereocenters. The topological polar surface area (TPSA) is 58.6 Å². The zero-order valence-corrected chi connectivity index (χ0v) is 13.7. The third kappa shape index (κ3) is 3.31. The molecule has 0 fully saturated rings. The molecule has 1 aliphatic heterocycles. The van der Waals surface area contributed by atoms with Crippen LogP contribution in [0.25, 0.3) is 0 Å². The molecule has 25 heavy (non-hydrogen) atoms. The van der Waals surface area contributed by atoms with Gasteiger partial charge in [-0.2, -0.15) is 0 Å². The average molecular weight is 346 g/mol. The number of benzene rings is 2. The third-order valence-electron chi connectivity index (χ3n) is 3.94. The van der Waals surface area contributed by atoms with E-state index in [-0.39, 0.29) is 29.3 Å². The van der Waals surface area contributed by atoms with Gasteiger partial charge in [-0.1, -0.05) is 12.1 Å². The van der Waals surface area contributed by atoms with Crippen LogP contribution in [0.4, 0.5) is 14.5 Å². The lowest BCUT2D eigenvalue weighted by molar-refractivity contribution is -0.122. The quantitative estimate of drug-likeness (QED) is 0.930. The fourth-order valence-corrected chi connectivity index (χ4v) is 2.58. The first-order valence-electron chi connectivity index (χ1n) is 7.66. The Morgan fingerprint density at radius 2 is 2.04 bits per heavy atom. The van der Waals surface area contributed by atoms with Crippen LogP contribution in [0.15, 0.2) is 36.4 Å². The Bertz CT molecular complexity index is 854. The van der Waals surface area contributed by atoms with Gasteiger partial charge in [-0.05, 0) is 25.1 Å². The first-order valence-corrected chi connectivity index (χ1v) is 7.66. The molecule has 1 N–H and O–H groups in total. The second-order valence-corrected chi connectivity index (χ2v) is 5.83. The van der Waals surface area contributed by atoms with Crippen molar-refractivity contribution in [3.05, 3.63) is 59.2 Å². The zero-order chi connectivity index (χ0) is 18.1. The second-order valence-electron chi connectivity index (χ2n) is 5.83. The van der Waals surface area contributed by atoms with E-state index in [9.17, 15) is 18.4 Å². The molecule has 0 saturated heterocycles. The van der Waals surface area contributed by atoms with Crippen molar-refractivity contribution in [3.8, 4) is 5.75 Å². The largest absolute Gasteiger partial charge is 0.478 e. The van der Waals surface area contributed by atoms with E-state index in [4.69, 9.17) is 4.74 Å². The number of anilines is 1. The fourth-order valence-electron chi connectivity index (χ4n) is 2.58. The number of rotatable bonds is 3. The Morgan fingerprint density at radius 1 is 1.28 bits per heavy atom. The lowest BCUT2D eigenvalue weighted by Gasteiger charge is -2.26. The molecule has 0 aliphatic carbocycles. The van der Waals surface area contributed by atoms with E-state index in [1.54, 1.807) is 25.1 Å². The molecule has 0 unspecified atom stereocenters. The van der Waals surface area contributed by atoms with Crippen molar-refractivity contribution in [1.29, 1.82) is 0 Å². The summed E-state index contributed by atoms with van der Waals surface area (Å²) in [5.74, 6) is -1.80. The summed E-state index contributed by atoms with van der Waals surface area (Å²) in [7, 11) is 1.51. The number of amides is 2. The van der Waals surface area contributed by atoms with E-state index in [1.807, 2.05) is 0 Å². The van der Waals surface area contributed by atoms with Crippen LogP contribution >= 0.6 is 0 Å². The zero-order valence-electron chi connectivity index (χ0n) is 13.7. The van der Waals surface area contributed by atoms with Gasteiger partial charge >= 0.3 is 0 Å². The van der Waals surface area contributed by atoms with Gasteiger partial charge in [-0.25, -0.2) is 8.78 Å². The second kappa shape index (κ2) is 6.51. The maximum atomic E-state index is 13.8. The molecule has 7 heteroatoms. The van der Waals surface area contributed by atoms with Crippen molar-refractivity contribution in [2.45, 2.75) is 19.6 Å². The monoisotopic (exact) mass is 346 g/mol. The summed E-state index contributed by atoms with van der Waals surface area (Å²) in [6.07, 6.45) is -0.721. The van der Waals surface area contributed by atoms with Crippen LogP contribution in [-0.2, 0) is 11.3 Å². The molecule has 0 radical (unpaired) electrons. The maximum absolute atomic E-state index is 13.8. The van der Waals surface area contributed by atoms with Crippen molar-refractivity contribution in [2.24, 2.45) is 0 Å². The van der Waals surface area contributed by atoms with E-state index in [0.717, 1.165) is 12.1 Å². The Balaban J connectivity index is 1.86. The predicted molar refractivity (Wildman–Crippen MR) is 87.3 cm³/mol. The van der Waals surface area contributed by atoms with Gasteiger partial charge < -0.3 is 15.0 Å². The SMILES string of the molecule is C[C@H]1Oc2c(cccc2C(=O)N(C)Cc2ccc(F)cc2F)NC1=O. The summed E-state index contributed by atoms with van der Waals surface area (Å²) in [5.41, 5.74) is 0.870. The summed E-state index contributed by atoms with van der Waals surface area (Å²) in [5, 5.41) is 2.67. The molecule has 5 nitrogen and oxygen atoms in total. The van der Waals surface area contributed by atoms with Crippen LogP contribution in [0, 0.1) is 11.6 Å². The minimum atomic E-state index is -0.721. The number of hydrogen-bond acceptors (Lipinski definition) is 3. The molecule has 2 amide bonds. The smallest absolute Gasteiger partial charge is 0.265 e. The highest BCUT2D eigenvalue weighted by Crippen LogP contribution is 2.34. The van der Waals surface area contributed by atoms with Gasteiger partial charge in [0, 0.05) is 25.2 Å². The predicted octanol–water partition coefficient (Wildman–Crippen LogP) is 2.96. The highest BCUT2D eigenvalue weighted by Gasteiger charge is 2.28. The highest BCUT2D eigenvalue weighted by molar-refractivity contribution is 6.03. The van der Waals surface area contributed by atoms with E-state index >= 15 is 0 Å². The molecular formula is C18H16F2N2O3. The molecule has 1 aliphatic rings. The number of fused-ring (bicyclic) bond motifs is 1. The summed E-state index contributed by atoms with van der Waals surface area (Å²) in [4.78, 5) is 25.7. The molecule has 130 valence electrons. The van der Waals surface area contributed by atoms with E-state index in [2.05, 4.69) is 5.32 Å². The number of nitrogens with zero attached hydrogens (tertiary/aromatic N) is 1. The summed E-state index contributed by atoms with van der Waals surface area (Å²) >= 11 is 0. The number of halogens is 2. The van der Waals surface area contributed by atoms with Crippen LogP contribution < -0.4 is 10.1 Å². The number of carbonyl (C=O) groups excluding carboxylic acids is 2. The van der Waals surface area contributed by atoms with Crippen molar-refractivity contribution in [3.63, 3.8) is 0 Å². The summed E-state index contributed by atoms with van der Waals surface area (Å²) in [6, 6.07) is 8.05. The molecule has 0 spiro atoms. The minimum Gasteiger partial charge on any atom is -0.478 e. The first kappa shape index (κ1) is 16.9. The van der Waals surface area contributed by atoms with Gasteiger partial charge in [0.2, 0.25) is 0 Å². The van der Waals surface area contributed by atoms with Gasteiger partial charge in [0.05, 0.1) is 11.3 Å². The molecular weight excluding hydrogens is 330 g/mol. The molecule has 0 bridgehead atoms. The van der Waals surface area contributed by atoms with Crippen LogP contribution in [0.5, 0.6) is 5.75 Å². The van der Waals surface area contributed by atoms with Crippen molar-refractivity contribution in [2.75, 3.05) is 12.4 Å². The van der Waals surface area contributed by atoms with Crippen LogP contribution in [0.2, 0.25) is 0 Å². The summed E-state index contributed by atoms with van der Waals surface area (Å²) < 4.78 is 32.3. The standard InChI is InChI=1S/C18H16F2N2O3/c1-10-17(23)21-15-5-3-4-13(16(15)25-10)18(24)22(2)9-11-6-7-12(19)8-14(11)20/h3-8,10H,9H2,1-2H3,(H,21,23)/t10-/m1/s1. The molecule has 1 heterocycles. The van der Waals surface area contributed by atoms with Crippen LogP contribution in [0.1, 0.15) is 22.8 Å². The minimum absolute atomic E-state index is 0.0312. The highest BCUT2D eigenvalue weighted by atomic mass is 19.1. The maximum Gasteiger partial charge on any atom is 0.265 e. The van der Waals surface area contributed by atoms with Gasteiger partial charge in [0.15, 0.2) is 11.9 Å². The summed E-state index contributed by atoms with van der Waals surface area (Å²) in [6.45, 7) is 1.55. The fraction of sp³-hybridized carbons (Fsp3) is 0.222. The molecule has 3 rings (SSSR count). The molecule has 2 aromatic rings. The van der Waals surface area contributed by atoms with Gasteiger partial charge in [0.1, 0.15) is 11.6 Å². The number of nitrogens with one attached hydrogen (secondary N) is 1. The Labute approximate surface area is 143 Å². The Morgan fingerprint density at radius 3 is 2.76 bits per heavy atom. The molecule has 0 saturated carbocycles. The van der Waals surface area contributed by atoms with Crippen molar-refractivity contribution >= 4 is 17.5 Å². The first-order chi connectivity index (χ1) is 11.9. The van der Waals surface area contributed by atoms with Gasteiger partial charge in [0.25, 0.3) is 11.8 Å². The molecule has 2 aromatic carbocycles. The van der Waals surface area contributed by atoms with Gasteiger partial charge in [-0.3, -0.25) is 9.59 Å². The third-order valence-corrected chi connectivity index (χ3v) is 3.94. The number of carbonyl (C=O) groups is 2. The lowest BCUT2D eigenvalue weighted by atomic mass is 10.1. The van der Waals surface area contributed by atoms with E-state index < -0.39 is 23.6 Å². The number of para-hydroxylation sites is 1. The Kier molecular flexibility index (Phi) is 4.39. The normalized spacial score (nSPS) is 15.8. The van der Waals surface area contributed by atoms with Gasteiger partial charge in [-0.15, -0.1) is 0 Å². The van der Waals surface area contributed by atoms with E-state index in [1.165, 1.54) is 18.0 Å². The van der Waals surface area contributed by atoms with Crippen molar-refractivity contribution < 1.29 is 23.1 Å². The van der Waals surface area contributed by atoms with Crippen LogP contribution in [-0.4, -0.2) is 29.9 Å². The lowest BCUT2D eigenvalue weighted by Crippen LogP contribution is -2.36. The molecule has 0 aromatic heterocycles. The number of hydrogen-bond donors (Lipinski definition) is 1. The van der Waals surface area contributed by atoms with Crippen LogP contribution in [0.3, 0.4) is 0 Å². The average Bonchev–Trinajstić information content (AvgIpc) is 2.57. The number of ether oxygens (including phenoxy) is 1.